The average molecular weight is 952 g/mol. The minimum Gasteiger partial charge on any atom is -0.495 e. The van der Waals surface area contributed by atoms with Crippen molar-refractivity contribution in [3.8, 4) is 22.9 Å². The summed E-state index contributed by atoms with van der Waals surface area (Å²) in [6.07, 6.45) is 2.96. The van der Waals surface area contributed by atoms with Crippen LogP contribution in [-0.4, -0.2) is 73.8 Å². The molecule has 0 aliphatic carbocycles. The van der Waals surface area contributed by atoms with Crippen molar-refractivity contribution in [2.45, 2.75) is 87.6 Å². The fourth-order valence-corrected chi connectivity index (χ4v) is 11.1. The zero-order valence-corrected chi connectivity index (χ0v) is 39.7. The van der Waals surface area contributed by atoms with E-state index in [4.69, 9.17) is 42.1 Å². The molecule has 0 saturated carbocycles. The van der Waals surface area contributed by atoms with Gasteiger partial charge in [0.2, 0.25) is 0 Å². The molecular weight excluding hydrogens is 900 g/mol. The van der Waals surface area contributed by atoms with Crippen molar-refractivity contribution in [2.24, 2.45) is 0 Å². The number of aryl methyl sites for hydroxylation is 2. The van der Waals surface area contributed by atoms with E-state index in [1.54, 1.807) is 85.7 Å². The molecule has 0 radical (unpaired) electrons. The summed E-state index contributed by atoms with van der Waals surface area (Å²) in [6.45, 7) is 8.51. The monoisotopic (exact) mass is 950 g/mol. The first-order valence-corrected chi connectivity index (χ1v) is 25.2. The number of halogens is 2. The molecule has 0 unspecified atom stereocenters. The van der Waals surface area contributed by atoms with Gasteiger partial charge in [-0.3, -0.25) is 9.13 Å². The van der Waals surface area contributed by atoms with Gasteiger partial charge in [0.05, 0.1) is 36.1 Å². The molecule has 4 atom stereocenters. The molecule has 2 fully saturated rings. The maximum absolute atomic E-state index is 13.4. The molecule has 8 rings (SSSR count). The summed E-state index contributed by atoms with van der Waals surface area (Å²) in [5, 5.41) is 16.8. The first-order valence-electron chi connectivity index (χ1n) is 21.0. The smallest absolute Gasteiger partial charge is 0.167 e. The molecule has 2 saturated heterocycles. The summed E-state index contributed by atoms with van der Waals surface area (Å²) in [6, 6.07) is 25.2. The molecule has 64 heavy (non-hydrogen) atoms. The molecular formula is C46H52Cl2N6O8S2. The molecule has 0 amide bonds. The summed E-state index contributed by atoms with van der Waals surface area (Å²) in [5.74, 6) is 2.52. The SMILES string of the molecule is COc1cccc(C)c1-n1c(CS(=O)(=O)[C@H](C)c2cccc(Cl)c2)nnc1[C@@H]1CCCO1.COc1cccc(C)c1-n1c(CS(=O)(=O)[C@H](C)c2cccc(Cl)c2)nnc1[C@H]1CCCO1. The molecule has 0 bridgehead atoms. The lowest BCUT2D eigenvalue weighted by molar-refractivity contribution is 0.103. The predicted octanol–water partition coefficient (Wildman–Crippen LogP) is 9.53. The summed E-state index contributed by atoms with van der Waals surface area (Å²) >= 11 is 12.2. The zero-order valence-electron chi connectivity index (χ0n) is 36.6. The number of benzene rings is 4. The number of ether oxygens (including phenoxy) is 4. The van der Waals surface area contributed by atoms with Crippen LogP contribution in [0.4, 0.5) is 0 Å². The third-order valence-corrected chi connectivity index (χ3v) is 16.1. The van der Waals surface area contributed by atoms with Gasteiger partial charge in [0.1, 0.15) is 35.2 Å². The van der Waals surface area contributed by atoms with Crippen molar-refractivity contribution in [1.82, 2.24) is 29.5 Å². The number of methoxy groups -OCH3 is 2. The minimum absolute atomic E-state index is 0.242. The van der Waals surface area contributed by atoms with E-state index in [2.05, 4.69) is 20.4 Å². The van der Waals surface area contributed by atoms with Gasteiger partial charge in [-0.1, -0.05) is 71.7 Å². The van der Waals surface area contributed by atoms with Crippen LogP contribution < -0.4 is 9.47 Å². The second-order valence-corrected chi connectivity index (χ2v) is 21.4. The van der Waals surface area contributed by atoms with Crippen molar-refractivity contribution >= 4 is 42.9 Å². The van der Waals surface area contributed by atoms with Crippen molar-refractivity contribution in [2.75, 3.05) is 27.4 Å². The van der Waals surface area contributed by atoms with Crippen LogP contribution in [-0.2, 0) is 40.7 Å². The summed E-state index contributed by atoms with van der Waals surface area (Å²) in [4.78, 5) is 0. The molecule has 2 aliphatic rings. The van der Waals surface area contributed by atoms with Gasteiger partial charge in [-0.15, -0.1) is 20.4 Å². The maximum Gasteiger partial charge on any atom is 0.167 e. The second kappa shape index (κ2) is 20.1. The van der Waals surface area contributed by atoms with Gasteiger partial charge < -0.3 is 18.9 Å². The van der Waals surface area contributed by atoms with E-state index in [9.17, 15) is 16.8 Å². The highest BCUT2D eigenvalue weighted by atomic mass is 35.5. The van der Waals surface area contributed by atoms with Crippen LogP contribution >= 0.6 is 23.2 Å². The molecule has 2 aromatic heterocycles. The quantitative estimate of drug-likeness (QED) is 0.102. The van der Waals surface area contributed by atoms with Crippen LogP contribution in [0.1, 0.15) is 108 Å². The highest BCUT2D eigenvalue weighted by Crippen LogP contribution is 2.38. The molecule has 4 aromatic carbocycles. The van der Waals surface area contributed by atoms with Crippen LogP contribution in [0.5, 0.6) is 11.5 Å². The molecule has 340 valence electrons. The van der Waals surface area contributed by atoms with Gasteiger partial charge in [0, 0.05) is 23.3 Å². The first-order chi connectivity index (χ1) is 30.6. The number of hydrogen-bond donors (Lipinski definition) is 0. The average Bonchev–Trinajstić information content (AvgIpc) is 4.12. The highest BCUT2D eigenvalue weighted by molar-refractivity contribution is 7.91. The zero-order chi connectivity index (χ0) is 45.8. The molecule has 18 heteroatoms. The van der Waals surface area contributed by atoms with Crippen LogP contribution in [0, 0.1) is 13.8 Å². The van der Waals surface area contributed by atoms with E-state index < -0.39 is 30.2 Å². The number of hydrogen-bond acceptors (Lipinski definition) is 12. The molecule has 6 aromatic rings. The first kappa shape index (κ1) is 47.1. The largest absolute Gasteiger partial charge is 0.495 e. The Morgan fingerprint density at radius 2 is 1.02 bits per heavy atom. The normalized spacial score (nSPS) is 17.4. The van der Waals surface area contributed by atoms with E-state index in [1.807, 2.05) is 50.2 Å². The number of aromatic nitrogens is 6. The van der Waals surface area contributed by atoms with Gasteiger partial charge in [-0.05, 0) is 112 Å². The van der Waals surface area contributed by atoms with E-state index in [-0.39, 0.29) is 23.7 Å². The van der Waals surface area contributed by atoms with Crippen molar-refractivity contribution < 1.29 is 35.8 Å². The summed E-state index contributed by atoms with van der Waals surface area (Å²) < 4.78 is 80.0. The molecule has 14 nitrogen and oxygen atoms in total. The van der Waals surface area contributed by atoms with Crippen molar-refractivity contribution in [3.63, 3.8) is 0 Å². The van der Waals surface area contributed by atoms with Crippen molar-refractivity contribution in [3.05, 3.63) is 141 Å². The fraction of sp³-hybridized carbons (Fsp3) is 0.391. The lowest BCUT2D eigenvalue weighted by Gasteiger charge is -2.19. The van der Waals surface area contributed by atoms with Crippen LogP contribution in [0.3, 0.4) is 0 Å². The van der Waals surface area contributed by atoms with E-state index >= 15 is 0 Å². The Hall–Kier alpha value is -4.84. The van der Waals surface area contributed by atoms with Crippen LogP contribution in [0.2, 0.25) is 10.0 Å². The lowest BCUT2D eigenvalue weighted by Crippen LogP contribution is -2.18. The Labute approximate surface area is 384 Å². The molecule has 2 aliphatic heterocycles. The maximum atomic E-state index is 13.4. The Kier molecular flexibility index (Phi) is 14.8. The van der Waals surface area contributed by atoms with Gasteiger partial charge in [0.15, 0.2) is 43.0 Å². The number of nitrogens with zero attached hydrogens (tertiary/aromatic N) is 6. The van der Waals surface area contributed by atoms with E-state index in [0.29, 0.717) is 69.2 Å². The molecule has 0 spiro atoms. The predicted molar refractivity (Wildman–Crippen MR) is 246 cm³/mol. The fourth-order valence-electron chi connectivity index (χ4n) is 8.02. The van der Waals surface area contributed by atoms with Gasteiger partial charge in [0.25, 0.3) is 0 Å². The summed E-state index contributed by atoms with van der Waals surface area (Å²) in [7, 11) is -4.06. The van der Waals surface area contributed by atoms with E-state index in [0.717, 1.165) is 48.2 Å². The van der Waals surface area contributed by atoms with Crippen LogP contribution in [0.25, 0.3) is 11.4 Å². The second-order valence-electron chi connectivity index (χ2n) is 15.9. The van der Waals surface area contributed by atoms with Gasteiger partial charge >= 0.3 is 0 Å². The minimum atomic E-state index is -3.62. The Morgan fingerprint density at radius 1 is 0.625 bits per heavy atom. The van der Waals surface area contributed by atoms with E-state index in [1.165, 1.54) is 0 Å². The number of rotatable bonds is 14. The van der Waals surface area contributed by atoms with Crippen molar-refractivity contribution in [1.29, 1.82) is 0 Å². The lowest BCUT2D eigenvalue weighted by atomic mass is 10.1. The number of para-hydroxylation sites is 2. The highest BCUT2D eigenvalue weighted by Gasteiger charge is 2.34. The standard InChI is InChI=1S/2C23H26ClN3O4S/c2*1-15-7-4-10-19(30-3)22(15)27-21(25-26-23(27)20-11-6-12-31-20)14-32(28,29)16(2)17-8-5-9-18(24)13-17/h2*4-5,7-10,13,16,20H,6,11-12,14H2,1-3H3/t16-,20+;16-,20-/m11/s1. The van der Waals surface area contributed by atoms with Gasteiger partial charge in [-0.25, -0.2) is 16.8 Å². The van der Waals surface area contributed by atoms with Crippen LogP contribution in [0.15, 0.2) is 84.9 Å². The number of sulfone groups is 2. The molecule has 4 heterocycles. The topological polar surface area (TPSA) is 167 Å². The Bertz CT molecular complexity index is 2630. The molecule has 0 N–H and O–H groups in total. The third-order valence-electron chi connectivity index (χ3n) is 11.6. The van der Waals surface area contributed by atoms with Gasteiger partial charge in [-0.2, -0.15) is 0 Å². The Morgan fingerprint density at radius 3 is 1.36 bits per heavy atom. The third kappa shape index (κ3) is 10.2. The summed E-state index contributed by atoms with van der Waals surface area (Å²) in [5.41, 5.74) is 4.57. The Balaban J connectivity index is 0.000000191.